The zero-order valence-corrected chi connectivity index (χ0v) is 10.1. The number of hydrogen-bond acceptors (Lipinski definition) is 2. The highest BCUT2D eigenvalue weighted by atomic mass is 16.2. The summed E-state index contributed by atoms with van der Waals surface area (Å²) in [7, 11) is 0. The summed E-state index contributed by atoms with van der Waals surface area (Å²) in [6, 6.07) is 11.0. The fraction of sp³-hybridized carbons (Fsp3) is 0.500. The van der Waals surface area contributed by atoms with Gasteiger partial charge in [0.2, 0.25) is 5.91 Å². The number of benzene rings is 1. The van der Waals surface area contributed by atoms with E-state index in [1.54, 1.807) is 0 Å². The van der Waals surface area contributed by atoms with Crippen LogP contribution in [0.1, 0.15) is 31.4 Å². The lowest BCUT2D eigenvalue weighted by Gasteiger charge is -2.22. The molecule has 1 saturated carbocycles. The predicted octanol–water partition coefficient (Wildman–Crippen LogP) is 1.62. The van der Waals surface area contributed by atoms with E-state index in [1.165, 1.54) is 5.56 Å². The van der Waals surface area contributed by atoms with Crippen molar-refractivity contribution in [3.63, 3.8) is 0 Å². The van der Waals surface area contributed by atoms with E-state index >= 15 is 0 Å². The topological polar surface area (TPSA) is 41.1 Å². The minimum atomic E-state index is -0.0803. The number of carbonyl (C=O) groups is 1. The van der Waals surface area contributed by atoms with E-state index in [0.717, 1.165) is 19.4 Å². The molecular formula is C14H18N2O. The Morgan fingerprint density at radius 2 is 2.06 bits per heavy atom. The first kappa shape index (κ1) is 10.8. The largest absolute Gasteiger partial charge is 0.354 e. The Labute approximate surface area is 102 Å². The molecule has 1 aromatic rings. The summed E-state index contributed by atoms with van der Waals surface area (Å²) in [5, 5.41) is 6.57. The van der Waals surface area contributed by atoms with Gasteiger partial charge in [0.05, 0.1) is 5.41 Å². The highest BCUT2D eigenvalue weighted by Gasteiger charge is 2.59. The number of rotatable bonds is 3. The molecule has 3 rings (SSSR count). The summed E-state index contributed by atoms with van der Waals surface area (Å²) in [5.74, 6) is 0.246. The van der Waals surface area contributed by atoms with Crippen molar-refractivity contribution in [2.75, 3.05) is 6.54 Å². The van der Waals surface area contributed by atoms with Crippen LogP contribution in [0, 0.1) is 5.41 Å². The quantitative estimate of drug-likeness (QED) is 0.828. The Balaban J connectivity index is 1.70. The van der Waals surface area contributed by atoms with E-state index in [2.05, 4.69) is 41.8 Å². The Kier molecular flexibility index (Phi) is 2.44. The molecule has 1 aromatic carbocycles. The molecule has 1 heterocycles. The molecule has 0 radical (unpaired) electrons. The second kappa shape index (κ2) is 3.84. The van der Waals surface area contributed by atoms with E-state index in [-0.39, 0.29) is 11.3 Å². The van der Waals surface area contributed by atoms with Crippen LogP contribution in [0.15, 0.2) is 30.3 Å². The molecule has 1 aliphatic heterocycles. The molecule has 0 aromatic heterocycles. The van der Waals surface area contributed by atoms with Crippen molar-refractivity contribution in [1.29, 1.82) is 0 Å². The molecule has 2 N–H and O–H groups in total. The summed E-state index contributed by atoms with van der Waals surface area (Å²) in [4.78, 5) is 11.7. The molecule has 2 atom stereocenters. The standard InChI is InChI=1S/C14H18N2O/c1-10(11-5-3-2-4-6-11)16-12-9-15-13(17)14(12)7-8-14/h2-6,10,12,16H,7-9H2,1H3,(H,15,17)/t10-,12+/m0/s1. The Morgan fingerprint density at radius 1 is 1.35 bits per heavy atom. The minimum absolute atomic E-state index is 0.0803. The van der Waals surface area contributed by atoms with Crippen LogP contribution in [-0.2, 0) is 4.79 Å². The molecule has 1 spiro atoms. The van der Waals surface area contributed by atoms with Crippen molar-refractivity contribution in [2.45, 2.75) is 31.8 Å². The van der Waals surface area contributed by atoms with Gasteiger partial charge in [-0.3, -0.25) is 4.79 Å². The highest BCUT2D eigenvalue weighted by molar-refractivity contribution is 5.88. The normalized spacial score (nSPS) is 26.9. The van der Waals surface area contributed by atoms with Crippen LogP contribution in [0.2, 0.25) is 0 Å². The monoisotopic (exact) mass is 230 g/mol. The van der Waals surface area contributed by atoms with Crippen LogP contribution < -0.4 is 10.6 Å². The van der Waals surface area contributed by atoms with E-state index < -0.39 is 0 Å². The maximum absolute atomic E-state index is 11.7. The van der Waals surface area contributed by atoms with Gasteiger partial charge in [0.25, 0.3) is 0 Å². The number of amides is 1. The fourth-order valence-electron chi connectivity index (χ4n) is 2.79. The Morgan fingerprint density at radius 3 is 2.71 bits per heavy atom. The molecule has 1 saturated heterocycles. The first-order valence-corrected chi connectivity index (χ1v) is 6.32. The molecule has 3 nitrogen and oxygen atoms in total. The lowest BCUT2D eigenvalue weighted by molar-refractivity contribution is -0.123. The van der Waals surface area contributed by atoms with Crippen LogP contribution in [-0.4, -0.2) is 18.5 Å². The summed E-state index contributed by atoms with van der Waals surface area (Å²) < 4.78 is 0. The van der Waals surface area contributed by atoms with Crippen LogP contribution in [0.4, 0.5) is 0 Å². The number of nitrogens with one attached hydrogen (secondary N) is 2. The van der Waals surface area contributed by atoms with E-state index in [9.17, 15) is 4.79 Å². The number of carbonyl (C=O) groups excluding carboxylic acids is 1. The lowest BCUT2D eigenvalue weighted by Crippen LogP contribution is -2.39. The van der Waals surface area contributed by atoms with Gasteiger partial charge in [-0.25, -0.2) is 0 Å². The van der Waals surface area contributed by atoms with E-state index in [4.69, 9.17) is 0 Å². The van der Waals surface area contributed by atoms with Gasteiger partial charge in [0.15, 0.2) is 0 Å². The molecule has 90 valence electrons. The molecular weight excluding hydrogens is 212 g/mol. The second-order valence-electron chi connectivity index (χ2n) is 5.22. The summed E-state index contributed by atoms with van der Waals surface area (Å²) in [6.45, 7) is 2.93. The van der Waals surface area contributed by atoms with E-state index in [1.807, 2.05) is 6.07 Å². The van der Waals surface area contributed by atoms with Crippen LogP contribution >= 0.6 is 0 Å². The molecule has 2 aliphatic rings. The van der Waals surface area contributed by atoms with Crippen molar-refractivity contribution in [3.8, 4) is 0 Å². The van der Waals surface area contributed by atoms with Gasteiger partial charge in [-0.05, 0) is 25.3 Å². The zero-order valence-electron chi connectivity index (χ0n) is 10.1. The van der Waals surface area contributed by atoms with Gasteiger partial charge in [-0.1, -0.05) is 30.3 Å². The first-order valence-electron chi connectivity index (χ1n) is 6.32. The third kappa shape index (κ3) is 1.75. The van der Waals surface area contributed by atoms with Crippen molar-refractivity contribution >= 4 is 5.91 Å². The zero-order chi connectivity index (χ0) is 11.9. The third-order valence-electron chi connectivity index (χ3n) is 4.13. The Hall–Kier alpha value is -1.35. The fourth-order valence-corrected chi connectivity index (χ4v) is 2.79. The van der Waals surface area contributed by atoms with Crippen molar-refractivity contribution < 1.29 is 4.79 Å². The smallest absolute Gasteiger partial charge is 0.227 e. The van der Waals surface area contributed by atoms with E-state index in [0.29, 0.717) is 12.1 Å². The molecule has 2 fully saturated rings. The molecule has 3 heteroatoms. The lowest BCUT2D eigenvalue weighted by atomic mass is 9.98. The van der Waals surface area contributed by atoms with Crippen LogP contribution in [0.3, 0.4) is 0 Å². The average Bonchev–Trinajstić information content (AvgIpc) is 3.10. The molecule has 0 bridgehead atoms. The van der Waals surface area contributed by atoms with Crippen LogP contribution in [0.25, 0.3) is 0 Å². The second-order valence-corrected chi connectivity index (χ2v) is 5.22. The molecule has 1 amide bonds. The molecule has 0 unspecified atom stereocenters. The van der Waals surface area contributed by atoms with Gasteiger partial charge >= 0.3 is 0 Å². The SMILES string of the molecule is C[C@H](N[C@@H]1CNC(=O)C12CC2)c1ccccc1. The van der Waals surface area contributed by atoms with Gasteiger partial charge in [-0.15, -0.1) is 0 Å². The average molecular weight is 230 g/mol. The maximum Gasteiger partial charge on any atom is 0.227 e. The number of hydrogen-bond donors (Lipinski definition) is 2. The van der Waals surface area contributed by atoms with Crippen molar-refractivity contribution in [1.82, 2.24) is 10.6 Å². The van der Waals surface area contributed by atoms with Crippen molar-refractivity contribution in [3.05, 3.63) is 35.9 Å². The highest BCUT2D eigenvalue weighted by Crippen LogP contribution is 2.51. The van der Waals surface area contributed by atoms with Gasteiger partial charge < -0.3 is 10.6 Å². The van der Waals surface area contributed by atoms with Gasteiger partial charge in [0.1, 0.15) is 0 Å². The predicted molar refractivity (Wildman–Crippen MR) is 66.5 cm³/mol. The summed E-state index contributed by atoms with van der Waals surface area (Å²) >= 11 is 0. The summed E-state index contributed by atoms with van der Waals surface area (Å²) in [6.07, 6.45) is 2.08. The van der Waals surface area contributed by atoms with Gasteiger partial charge in [-0.2, -0.15) is 0 Å². The maximum atomic E-state index is 11.7. The molecule has 17 heavy (non-hydrogen) atoms. The Bertz CT molecular complexity index is 425. The summed E-state index contributed by atoms with van der Waals surface area (Å²) in [5.41, 5.74) is 1.20. The minimum Gasteiger partial charge on any atom is -0.354 e. The molecule has 1 aliphatic carbocycles. The van der Waals surface area contributed by atoms with Gasteiger partial charge in [0, 0.05) is 18.6 Å². The third-order valence-corrected chi connectivity index (χ3v) is 4.13. The van der Waals surface area contributed by atoms with Crippen LogP contribution in [0.5, 0.6) is 0 Å². The first-order chi connectivity index (χ1) is 8.22. The van der Waals surface area contributed by atoms with Crippen molar-refractivity contribution in [2.24, 2.45) is 5.41 Å².